The summed E-state index contributed by atoms with van der Waals surface area (Å²) in [6.45, 7) is 1.56. The predicted molar refractivity (Wildman–Crippen MR) is 70.1 cm³/mol. The van der Waals surface area contributed by atoms with E-state index in [1.165, 1.54) is 12.1 Å². The quantitative estimate of drug-likeness (QED) is 0.928. The largest absolute Gasteiger partial charge is 0.478 e. The van der Waals surface area contributed by atoms with Gasteiger partial charge in [0.1, 0.15) is 0 Å². The van der Waals surface area contributed by atoms with Crippen LogP contribution in [0, 0.1) is 0 Å². The molecule has 1 rings (SSSR count). The molecule has 0 heterocycles. The number of hydrogen-bond donors (Lipinski definition) is 1. The van der Waals surface area contributed by atoms with Crippen LogP contribution in [-0.2, 0) is 9.84 Å². The first-order valence-corrected chi connectivity index (χ1v) is 7.26. The van der Waals surface area contributed by atoms with Gasteiger partial charge in [-0.15, -0.1) is 0 Å². The van der Waals surface area contributed by atoms with Crippen LogP contribution in [0.2, 0.25) is 5.02 Å². The molecule has 0 aliphatic rings. The summed E-state index contributed by atoms with van der Waals surface area (Å²) in [5, 5.41) is 8.81. The van der Waals surface area contributed by atoms with Gasteiger partial charge < -0.3 is 5.11 Å². The molecule has 1 aromatic carbocycles. The number of rotatable bonds is 4. The van der Waals surface area contributed by atoms with Crippen LogP contribution >= 0.6 is 23.2 Å². The minimum atomic E-state index is -3.71. The Hall–Kier alpha value is -1.04. The summed E-state index contributed by atoms with van der Waals surface area (Å²) in [4.78, 5) is 10.6. The lowest BCUT2D eigenvalue weighted by atomic mass is 10.2. The second-order valence-corrected chi connectivity index (χ2v) is 6.25. The van der Waals surface area contributed by atoms with Crippen LogP contribution in [0.15, 0.2) is 34.2 Å². The fraction of sp³-hybridized carbons (Fsp3) is 0.182. The van der Waals surface area contributed by atoms with E-state index in [9.17, 15) is 13.2 Å². The average molecular weight is 309 g/mol. The van der Waals surface area contributed by atoms with Crippen molar-refractivity contribution < 1.29 is 18.3 Å². The lowest BCUT2D eigenvalue weighted by Crippen LogP contribution is -2.10. The van der Waals surface area contributed by atoms with Crippen molar-refractivity contribution in [1.82, 2.24) is 0 Å². The van der Waals surface area contributed by atoms with Gasteiger partial charge in [0.25, 0.3) is 0 Å². The van der Waals surface area contributed by atoms with Crippen LogP contribution in [-0.4, -0.2) is 25.2 Å². The average Bonchev–Trinajstić information content (AvgIpc) is 2.28. The molecule has 0 fully saturated rings. The van der Waals surface area contributed by atoms with Gasteiger partial charge >= 0.3 is 5.97 Å². The number of halogens is 2. The van der Waals surface area contributed by atoms with Gasteiger partial charge in [-0.05, 0) is 30.7 Å². The van der Waals surface area contributed by atoms with E-state index in [4.69, 9.17) is 28.3 Å². The number of carboxylic acid groups (broad SMARTS) is 1. The van der Waals surface area contributed by atoms with Gasteiger partial charge in [0, 0.05) is 5.54 Å². The molecule has 0 aliphatic heterocycles. The van der Waals surface area contributed by atoms with Crippen LogP contribution in [0.25, 0.3) is 0 Å². The van der Waals surface area contributed by atoms with Crippen LogP contribution in [0.5, 0.6) is 0 Å². The fourth-order valence-electron chi connectivity index (χ4n) is 1.28. The van der Waals surface area contributed by atoms with Crippen LogP contribution < -0.4 is 0 Å². The minimum absolute atomic E-state index is 0.0117. The Labute approximate surface area is 115 Å². The van der Waals surface area contributed by atoms with E-state index in [0.29, 0.717) is 5.57 Å². The molecule has 0 saturated carbocycles. The van der Waals surface area contributed by atoms with E-state index >= 15 is 0 Å². The van der Waals surface area contributed by atoms with E-state index in [-0.39, 0.29) is 21.2 Å². The number of hydrogen-bond acceptors (Lipinski definition) is 3. The highest BCUT2D eigenvalue weighted by Gasteiger charge is 2.20. The number of carboxylic acids is 1. The zero-order valence-electron chi connectivity index (χ0n) is 9.35. The number of sulfone groups is 1. The summed E-state index contributed by atoms with van der Waals surface area (Å²) >= 11 is 11.2. The highest BCUT2D eigenvalue weighted by Crippen LogP contribution is 2.25. The summed E-state index contributed by atoms with van der Waals surface area (Å²) in [5.41, 5.74) is 1.46. The van der Waals surface area contributed by atoms with Gasteiger partial charge in [0.2, 0.25) is 0 Å². The van der Waals surface area contributed by atoms with Crippen molar-refractivity contribution >= 4 is 39.0 Å². The molecule has 0 bridgehead atoms. The Morgan fingerprint density at radius 2 is 2.06 bits per heavy atom. The zero-order valence-corrected chi connectivity index (χ0v) is 11.7. The van der Waals surface area contributed by atoms with E-state index in [1.807, 2.05) is 0 Å². The molecule has 0 radical (unpaired) electrons. The zero-order chi connectivity index (χ0) is 13.9. The standard InChI is InChI=1S/C11H10Cl2O4S/c1-7(5-12)6-18(16,17)10-4-8(11(14)15)2-3-9(10)13/h2-5H,6H2,1H3,(H,14,15)/b7-5-. The van der Waals surface area contributed by atoms with Crippen molar-refractivity contribution in [3.63, 3.8) is 0 Å². The molecular formula is C11H10Cl2O4S. The van der Waals surface area contributed by atoms with Crippen LogP contribution in [0.1, 0.15) is 17.3 Å². The second-order valence-electron chi connectivity index (χ2n) is 3.66. The van der Waals surface area contributed by atoms with Crippen molar-refractivity contribution in [1.29, 1.82) is 0 Å². The fourth-order valence-corrected chi connectivity index (χ4v) is 3.43. The lowest BCUT2D eigenvalue weighted by Gasteiger charge is -2.07. The van der Waals surface area contributed by atoms with E-state index in [2.05, 4.69) is 0 Å². The van der Waals surface area contributed by atoms with Gasteiger partial charge in [-0.3, -0.25) is 0 Å². The summed E-state index contributed by atoms with van der Waals surface area (Å²) < 4.78 is 24.0. The SMILES string of the molecule is C/C(=C/Cl)CS(=O)(=O)c1cc(C(=O)O)ccc1Cl. The molecule has 0 unspecified atom stereocenters. The Balaban J connectivity index is 3.32. The van der Waals surface area contributed by atoms with Gasteiger partial charge in [-0.1, -0.05) is 23.2 Å². The van der Waals surface area contributed by atoms with E-state index in [0.717, 1.165) is 11.6 Å². The van der Waals surface area contributed by atoms with Crippen molar-refractivity contribution in [3.8, 4) is 0 Å². The molecule has 0 amide bonds. The van der Waals surface area contributed by atoms with Gasteiger partial charge in [0.15, 0.2) is 9.84 Å². The topological polar surface area (TPSA) is 71.4 Å². The Kier molecular flexibility index (Phi) is 4.78. The summed E-state index contributed by atoms with van der Waals surface area (Å²) in [5.74, 6) is -1.52. The molecule has 0 aliphatic carbocycles. The van der Waals surface area contributed by atoms with Gasteiger partial charge in [0.05, 0.1) is 21.2 Å². The smallest absolute Gasteiger partial charge is 0.335 e. The van der Waals surface area contributed by atoms with Crippen molar-refractivity contribution in [2.24, 2.45) is 0 Å². The normalized spacial score (nSPS) is 12.5. The summed E-state index contributed by atoms with van der Waals surface area (Å²) in [6.07, 6.45) is 0. The highest BCUT2D eigenvalue weighted by atomic mass is 35.5. The Morgan fingerprint density at radius 1 is 1.44 bits per heavy atom. The molecule has 98 valence electrons. The van der Waals surface area contributed by atoms with Crippen molar-refractivity contribution in [2.75, 3.05) is 5.75 Å². The van der Waals surface area contributed by atoms with Crippen LogP contribution in [0.4, 0.5) is 0 Å². The van der Waals surface area contributed by atoms with Crippen molar-refractivity contribution in [3.05, 3.63) is 39.9 Å². The molecule has 0 saturated heterocycles. The molecule has 1 N–H and O–H groups in total. The summed E-state index contributed by atoms with van der Waals surface area (Å²) in [6, 6.07) is 3.53. The molecular weight excluding hydrogens is 299 g/mol. The molecule has 7 heteroatoms. The number of aromatic carboxylic acids is 1. The first-order valence-electron chi connectivity index (χ1n) is 4.79. The van der Waals surface area contributed by atoms with E-state index in [1.54, 1.807) is 6.92 Å². The second kappa shape index (κ2) is 5.73. The van der Waals surface area contributed by atoms with Gasteiger partial charge in [-0.2, -0.15) is 0 Å². The maximum atomic E-state index is 12.0. The molecule has 0 spiro atoms. The molecule has 4 nitrogen and oxygen atoms in total. The van der Waals surface area contributed by atoms with E-state index < -0.39 is 15.8 Å². The monoisotopic (exact) mass is 308 g/mol. The highest BCUT2D eigenvalue weighted by molar-refractivity contribution is 7.91. The van der Waals surface area contributed by atoms with Crippen LogP contribution in [0.3, 0.4) is 0 Å². The lowest BCUT2D eigenvalue weighted by molar-refractivity contribution is 0.0696. The maximum absolute atomic E-state index is 12.0. The summed E-state index contributed by atoms with van der Waals surface area (Å²) in [7, 11) is -3.71. The third kappa shape index (κ3) is 3.48. The predicted octanol–water partition coefficient (Wildman–Crippen LogP) is 2.95. The van der Waals surface area contributed by atoms with Crippen molar-refractivity contribution in [2.45, 2.75) is 11.8 Å². The number of carbonyl (C=O) groups is 1. The Morgan fingerprint density at radius 3 is 2.56 bits per heavy atom. The molecule has 18 heavy (non-hydrogen) atoms. The van der Waals surface area contributed by atoms with Gasteiger partial charge in [-0.25, -0.2) is 13.2 Å². The minimum Gasteiger partial charge on any atom is -0.478 e. The molecule has 0 atom stereocenters. The Bertz CT molecular complexity index is 605. The first kappa shape index (κ1) is 15.0. The maximum Gasteiger partial charge on any atom is 0.335 e. The first-order chi connectivity index (χ1) is 8.27. The number of benzene rings is 1. The molecule has 0 aromatic heterocycles. The third-order valence-corrected chi connectivity index (χ3v) is 4.77. The third-order valence-electron chi connectivity index (χ3n) is 2.12. The molecule has 1 aromatic rings.